The molecule has 1 aliphatic rings. The second-order valence-electron chi connectivity index (χ2n) is 7.76. The van der Waals surface area contributed by atoms with E-state index in [1.54, 1.807) is 24.3 Å². The Bertz CT molecular complexity index is 904. The Morgan fingerprint density at radius 2 is 1.84 bits per heavy atom. The minimum atomic E-state index is -0.392. The van der Waals surface area contributed by atoms with Gasteiger partial charge in [-0.3, -0.25) is 19.4 Å². The molecule has 172 valence electrons. The molecule has 0 unspecified atom stereocenters. The van der Waals surface area contributed by atoms with Crippen LogP contribution in [0.25, 0.3) is 0 Å². The second kappa shape index (κ2) is 11.8. The number of nitrogens with one attached hydrogen (secondary N) is 1. The summed E-state index contributed by atoms with van der Waals surface area (Å²) in [6.45, 7) is 3.98. The molecular formula is C23H28ClFN4O3. The smallest absolute Gasteiger partial charge is 0.238 e. The van der Waals surface area contributed by atoms with Crippen molar-refractivity contribution in [3.63, 3.8) is 0 Å². The van der Waals surface area contributed by atoms with Crippen molar-refractivity contribution < 1.29 is 18.7 Å². The van der Waals surface area contributed by atoms with Gasteiger partial charge in [-0.1, -0.05) is 17.7 Å². The van der Waals surface area contributed by atoms with Crippen LogP contribution in [0.5, 0.6) is 5.75 Å². The van der Waals surface area contributed by atoms with Crippen LogP contribution < -0.4 is 10.1 Å². The first-order chi connectivity index (χ1) is 15.4. The van der Waals surface area contributed by atoms with Gasteiger partial charge < -0.3 is 15.0 Å². The van der Waals surface area contributed by atoms with E-state index in [-0.39, 0.29) is 18.4 Å². The van der Waals surface area contributed by atoms with E-state index in [0.29, 0.717) is 56.6 Å². The highest BCUT2D eigenvalue weighted by molar-refractivity contribution is 6.30. The van der Waals surface area contributed by atoms with Gasteiger partial charge in [0, 0.05) is 43.4 Å². The summed E-state index contributed by atoms with van der Waals surface area (Å²) < 4.78 is 18.9. The molecule has 3 rings (SSSR count). The summed E-state index contributed by atoms with van der Waals surface area (Å²) in [6.07, 6.45) is 0. The third kappa shape index (κ3) is 7.78. The number of anilines is 1. The highest BCUT2D eigenvalue weighted by atomic mass is 35.5. The normalized spacial score (nSPS) is 14.4. The second-order valence-corrected chi connectivity index (χ2v) is 8.19. The summed E-state index contributed by atoms with van der Waals surface area (Å²) in [4.78, 5) is 30.5. The lowest BCUT2D eigenvalue weighted by Gasteiger charge is -2.35. The quantitative estimate of drug-likeness (QED) is 0.620. The highest BCUT2D eigenvalue weighted by Crippen LogP contribution is 2.15. The number of carbonyl (C=O) groups is 2. The van der Waals surface area contributed by atoms with Crippen LogP contribution >= 0.6 is 11.6 Å². The summed E-state index contributed by atoms with van der Waals surface area (Å²) in [7, 11) is 1.89. The minimum absolute atomic E-state index is 0.0582. The van der Waals surface area contributed by atoms with Crippen molar-refractivity contribution >= 4 is 29.1 Å². The average molecular weight is 463 g/mol. The van der Waals surface area contributed by atoms with E-state index in [0.717, 1.165) is 5.75 Å². The maximum absolute atomic E-state index is 13.2. The van der Waals surface area contributed by atoms with Crippen molar-refractivity contribution in [1.29, 1.82) is 0 Å². The number of nitrogens with zero attached hydrogens (tertiary/aromatic N) is 3. The van der Waals surface area contributed by atoms with Crippen molar-refractivity contribution in [2.75, 3.05) is 64.8 Å². The summed E-state index contributed by atoms with van der Waals surface area (Å²) in [5.74, 6) is 0.210. The zero-order chi connectivity index (χ0) is 22.9. The van der Waals surface area contributed by atoms with Crippen LogP contribution in [0.4, 0.5) is 10.1 Å². The van der Waals surface area contributed by atoms with Gasteiger partial charge in [-0.05, 0) is 49.5 Å². The van der Waals surface area contributed by atoms with E-state index in [9.17, 15) is 14.0 Å². The number of hydrogen-bond acceptors (Lipinski definition) is 5. The summed E-state index contributed by atoms with van der Waals surface area (Å²) in [5, 5.41) is 3.36. The molecule has 2 aromatic rings. The fourth-order valence-corrected chi connectivity index (χ4v) is 3.51. The Kier molecular flexibility index (Phi) is 8.84. The molecule has 0 spiro atoms. The molecule has 1 heterocycles. The SMILES string of the molecule is CN(CCOc1ccc(Cl)cc1)CC(=O)N1CCN(CC(=O)Nc2cccc(F)c2)CC1. The average Bonchev–Trinajstić information content (AvgIpc) is 2.75. The zero-order valence-electron chi connectivity index (χ0n) is 18.1. The van der Waals surface area contributed by atoms with Gasteiger partial charge >= 0.3 is 0 Å². The van der Waals surface area contributed by atoms with Crippen molar-refractivity contribution in [2.45, 2.75) is 0 Å². The Hall–Kier alpha value is -2.68. The van der Waals surface area contributed by atoms with E-state index in [1.165, 1.54) is 12.1 Å². The molecule has 1 N–H and O–H groups in total. The zero-order valence-corrected chi connectivity index (χ0v) is 18.9. The molecule has 0 radical (unpaired) electrons. The molecule has 9 heteroatoms. The first-order valence-corrected chi connectivity index (χ1v) is 10.9. The molecule has 1 aliphatic heterocycles. The fraction of sp³-hybridized carbons (Fsp3) is 0.391. The highest BCUT2D eigenvalue weighted by Gasteiger charge is 2.23. The number of rotatable bonds is 9. The van der Waals surface area contributed by atoms with Gasteiger partial charge in [-0.2, -0.15) is 0 Å². The third-order valence-electron chi connectivity index (χ3n) is 5.16. The molecule has 32 heavy (non-hydrogen) atoms. The number of ether oxygens (including phenoxy) is 1. The summed E-state index contributed by atoms with van der Waals surface area (Å²) in [5.41, 5.74) is 0.437. The Morgan fingerprint density at radius 1 is 1.12 bits per heavy atom. The first kappa shape index (κ1) is 24.0. The standard InChI is InChI=1S/C23H28ClFN4O3/c1-27(13-14-32-21-7-5-18(24)6-8-21)17-23(31)29-11-9-28(10-12-29)16-22(30)26-20-4-2-3-19(25)15-20/h2-8,15H,9-14,16-17H2,1H3,(H,26,30). The van der Waals surface area contributed by atoms with Crippen LogP contribution in [0.1, 0.15) is 0 Å². The van der Waals surface area contributed by atoms with Crippen LogP contribution in [0.2, 0.25) is 5.02 Å². The van der Waals surface area contributed by atoms with Crippen LogP contribution in [0.3, 0.4) is 0 Å². The Labute approximate surface area is 192 Å². The van der Waals surface area contributed by atoms with Crippen molar-refractivity contribution in [2.24, 2.45) is 0 Å². The molecule has 0 atom stereocenters. The molecule has 7 nitrogen and oxygen atoms in total. The Morgan fingerprint density at radius 3 is 2.53 bits per heavy atom. The summed E-state index contributed by atoms with van der Waals surface area (Å²) >= 11 is 5.86. The number of hydrogen-bond donors (Lipinski definition) is 1. The van der Waals surface area contributed by atoms with E-state index in [2.05, 4.69) is 5.32 Å². The maximum Gasteiger partial charge on any atom is 0.238 e. The topological polar surface area (TPSA) is 65.1 Å². The van der Waals surface area contributed by atoms with Gasteiger partial charge in [0.05, 0.1) is 13.1 Å². The molecule has 0 bridgehead atoms. The van der Waals surface area contributed by atoms with Gasteiger partial charge in [0.15, 0.2) is 0 Å². The lowest BCUT2D eigenvalue weighted by atomic mass is 10.3. The van der Waals surface area contributed by atoms with Gasteiger partial charge in [-0.15, -0.1) is 0 Å². The largest absolute Gasteiger partial charge is 0.492 e. The minimum Gasteiger partial charge on any atom is -0.492 e. The number of halogens is 2. The predicted molar refractivity (Wildman–Crippen MR) is 122 cm³/mol. The van der Waals surface area contributed by atoms with E-state index in [1.807, 2.05) is 33.9 Å². The van der Waals surface area contributed by atoms with E-state index >= 15 is 0 Å². The molecule has 1 saturated heterocycles. The number of amides is 2. The number of carbonyl (C=O) groups excluding carboxylic acids is 2. The van der Waals surface area contributed by atoms with E-state index < -0.39 is 5.82 Å². The van der Waals surface area contributed by atoms with Crippen molar-refractivity contribution in [1.82, 2.24) is 14.7 Å². The molecular weight excluding hydrogens is 435 g/mol. The molecule has 2 aromatic carbocycles. The van der Waals surface area contributed by atoms with E-state index in [4.69, 9.17) is 16.3 Å². The molecule has 0 aromatic heterocycles. The number of likely N-dealkylation sites (N-methyl/N-ethyl adjacent to an activating group) is 1. The van der Waals surface area contributed by atoms with Gasteiger partial charge in [0.25, 0.3) is 0 Å². The lowest BCUT2D eigenvalue weighted by molar-refractivity contribution is -0.134. The monoisotopic (exact) mass is 462 g/mol. The third-order valence-corrected chi connectivity index (χ3v) is 5.41. The van der Waals surface area contributed by atoms with Crippen LogP contribution in [-0.4, -0.2) is 86.0 Å². The van der Waals surface area contributed by atoms with Crippen LogP contribution in [-0.2, 0) is 9.59 Å². The predicted octanol–water partition coefficient (Wildman–Crippen LogP) is 2.57. The molecule has 0 aliphatic carbocycles. The fourth-order valence-electron chi connectivity index (χ4n) is 3.39. The molecule has 1 fully saturated rings. The molecule has 0 saturated carbocycles. The van der Waals surface area contributed by atoms with Gasteiger partial charge in [0.1, 0.15) is 18.2 Å². The number of benzene rings is 2. The van der Waals surface area contributed by atoms with Crippen molar-refractivity contribution in [3.8, 4) is 5.75 Å². The van der Waals surface area contributed by atoms with Crippen molar-refractivity contribution in [3.05, 3.63) is 59.4 Å². The van der Waals surface area contributed by atoms with Gasteiger partial charge in [-0.25, -0.2) is 4.39 Å². The van der Waals surface area contributed by atoms with Crippen LogP contribution in [0.15, 0.2) is 48.5 Å². The number of piperazine rings is 1. The summed E-state index contributed by atoms with van der Waals surface area (Å²) in [6, 6.07) is 13.0. The Balaban J connectivity index is 1.32. The lowest BCUT2D eigenvalue weighted by Crippen LogP contribution is -2.52. The first-order valence-electron chi connectivity index (χ1n) is 10.5. The molecule has 2 amide bonds. The van der Waals surface area contributed by atoms with Gasteiger partial charge in [0.2, 0.25) is 11.8 Å². The maximum atomic E-state index is 13.2. The van der Waals surface area contributed by atoms with Crippen LogP contribution in [0, 0.1) is 5.82 Å².